The molecule has 2 atom stereocenters. The molecule has 0 bridgehead atoms. The number of rotatable bonds is 9. The lowest BCUT2D eigenvalue weighted by molar-refractivity contribution is -0.150. The molecule has 1 unspecified atom stereocenters. The number of fused-ring (bicyclic) bond motifs is 1. The van der Waals surface area contributed by atoms with Crippen molar-refractivity contribution < 1.29 is 24.3 Å². The Labute approximate surface area is 211 Å². The molecule has 2 amide bonds. The lowest BCUT2D eigenvalue weighted by Gasteiger charge is -2.49. The number of aliphatic carboxylic acids is 1. The molecule has 184 valence electrons. The Kier molecular flexibility index (Phi) is 7.54. The average molecular weight is 537 g/mol. The van der Waals surface area contributed by atoms with E-state index in [0.717, 1.165) is 0 Å². The van der Waals surface area contributed by atoms with Crippen molar-refractivity contribution in [3.63, 3.8) is 0 Å². The Morgan fingerprint density at radius 2 is 2.20 bits per heavy atom. The molecule has 1 saturated heterocycles. The summed E-state index contributed by atoms with van der Waals surface area (Å²) in [6.45, 7) is 0.277. The number of aromatic nitrogens is 3. The number of anilines is 1. The number of pyridine rings is 1. The van der Waals surface area contributed by atoms with E-state index in [9.17, 15) is 19.5 Å². The first kappa shape index (κ1) is 24.9. The third kappa shape index (κ3) is 5.09. The summed E-state index contributed by atoms with van der Waals surface area (Å²) in [7, 11) is 1.27. The zero-order valence-corrected chi connectivity index (χ0v) is 20.7. The number of nitrogens with two attached hydrogens (primary N) is 2. The molecule has 0 spiro atoms. The van der Waals surface area contributed by atoms with E-state index in [0.29, 0.717) is 26.4 Å². The Bertz CT molecular complexity index is 1230. The van der Waals surface area contributed by atoms with E-state index in [2.05, 4.69) is 25.7 Å². The molecule has 4 rings (SSSR count). The first-order chi connectivity index (χ1) is 16.8. The molecule has 35 heavy (non-hydrogen) atoms. The molecule has 2 aromatic rings. The highest BCUT2D eigenvalue weighted by molar-refractivity contribution is 8.01. The van der Waals surface area contributed by atoms with E-state index in [-0.39, 0.29) is 29.5 Å². The fourth-order valence-corrected chi connectivity index (χ4v) is 6.67. The van der Waals surface area contributed by atoms with Crippen molar-refractivity contribution in [1.82, 2.24) is 25.4 Å². The molecule has 0 aromatic carbocycles. The molecule has 16 heteroatoms. The number of thioether (sulfide) groups is 2. The lowest BCUT2D eigenvalue weighted by atomic mass is 10.0. The standard InChI is InChI=1S/C19H20N8O5S3/c1-32-26-12(9-3-2-4-10(21)22-9)15(28)23-13-16(29)27-14(18(30)31)8(6-33-17(13)27)7-34-19-25-24-11(5-20)35-19/h2-4,13,17H,5-7,20H2,1H3,(H2,21,22)(H,23,28)(H,30,31)/t13?,17-/m1/s1. The predicted molar refractivity (Wildman–Crippen MR) is 130 cm³/mol. The molecule has 1 fully saturated rings. The smallest absolute Gasteiger partial charge is 0.352 e. The SMILES string of the molecule is CON=C(C(=O)NC1C(=O)N2C(C(=O)O)=C(CSc3nnc(CN)s3)CS[C@H]12)c1cccc(N)n1. The van der Waals surface area contributed by atoms with Crippen LogP contribution in [0, 0.1) is 0 Å². The number of carbonyl (C=O) groups is 3. The number of oxime groups is 1. The molecule has 2 aromatic heterocycles. The highest BCUT2D eigenvalue weighted by Gasteiger charge is 2.54. The number of carbonyl (C=O) groups excluding carboxylic acids is 2. The molecule has 13 nitrogen and oxygen atoms in total. The van der Waals surface area contributed by atoms with Crippen molar-refractivity contribution in [2.24, 2.45) is 10.9 Å². The maximum atomic E-state index is 12.9. The van der Waals surface area contributed by atoms with E-state index in [1.807, 2.05) is 0 Å². The highest BCUT2D eigenvalue weighted by atomic mass is 32.2. The Hall–Kier alpha value is -3.21. The van der Waals surface area contributed by atoms with Gasteiger partial charge in [-0.1, -0.05) is 34.3 Å². The minimum atomic E-state index is -1.21. The number of nitrogens with zero attached hydrogens (tertiary/aromatic N) is 5. The maximum Gasteiger partial charge on any atom is 0.352 e. The van der Waals surface area contributed by atoms with Crippen LogP contribution in [0.1, 0.15) is 10.7 Å². The summed E-state index contributed by atoms with van der Waals surface area (Å²) in [4.78, 5) is 47.9. The Morgan fingerprint density at radius 1 is 1.40 bits per heavy atom. The maximum absolute atomic E-state index is 12.9. The van der Waals surface area contributed by atoms with Gasteiger partial charge >= 0.3 is 5.97 Å². The van der Waals surface area contributed by atoms with Gasteiger partial charge in [0.1, 0.15) is 40.7 Å². The topological polar surface area (TPSA) is 199 Å². The fourth-order valence-electron chi connectivity index (χ4n) is 3.41. The van der Waals surface area contributed by atoms with Crippen molar-refractivity contribution in [1.29, 1.82) is 0 Å². The molecule has 2 aliphatic rings. The number of carboxylic acids is 1. The van der Waals surface area contributed by atoms with Crippen molar-refractivity contribution in [2.75, 3.05) is 24.3 Å². The first-order valence-electron chi connectivity index (χ1n) is 10.0. The monoisotopic (exact) mass is 536 g/mol. The van der Waals surface area contributed by atoms with Crippen molar-refractivity contribution in [2.45, 2.75) is 22.3 Å². The molecular weight excluding hydrogens is 516 g/mol. The summed E-state index contributed by atoms with van der Waals surface area (Å²) >= 11 is 4.03. The van der Waals surface area contributed by atoms with Crippen LogP contribution in [0.2, 0.25) is 0 Å². The van der Waals surface area contributed by atoms with Crippen LogP contribution in [0.3, 0.4) is 0 Å². The third-order valence-corrected chi connectivity index (χ3v) is 8.44. The van der Waals surface area contributed by atoms with E-state index < -0.39 is 29.2 Å². The van der Waals surface area contributed by atoms with Gasteiger partial charge < -0.3 is 26.7 Å². The summed E-state index contributed by atoms with van der Waals surface area (Å²) in [5, 5.41) is 24.2. The normalized spacial score (nSPS) is 19.8. The quantitative estimate of drug-likeness (QED) is 0.143. The second kappa shape index (κ2) is 10.6. The van der Waals surface area contributed by atoms with Gasteiger partial charge in [-0.3, -0.25) is 14.5 Å². The van der Waals surface area contributed by atoms with Crippen LogP contribution in [0.5, 0.6) is 0 Å². The van der Waals surface area contributed by atoms with E-state index >= 15 is 0 Å². The number of nitrogen functional groups attached to an aromatic ring is 1. The van der Waals surface area contributed by atoms with Gasteiger partial charge in [-0.05, 0) is 17.7 Å². The van der Waals surface area contributed by atoms with Crippen LogP contribution in [0.4, 0.5) is 5.82 Å². The highest BCUT2D eigenvalue weighted by Crippen LogP contribution is 2.41. The number of β-lactam (4-membered cyclic amide) rings is 1. The number of hydrogen-bond acceptors (Lipinski definition) is 13. The summed E-state index contributed by atoms with van der Waals surface area (Å²) in [5.74, 6) is -1.57. The summed E-state index contributed by atoms with van der Waals surface area (Å²) < 4.78 is 0.662. The van der Waals surface area contributed by atoms with Gasteiger partial charge in [0, 0.05) is 18.1 Å². The number of carboxylic acid groups (broad SMARTS) is 1. The van der Waals surface area contributed by atoms with Crippen LogP contribution >= 0.6 is 34.9 Å². The summed E-state index contributed by atoms with van der Waals surface area (Å²) in [6, 6.07) is 3.75. The largest absolute Gasteiger partial charge is 0.477 e. The summed E-state index contributed by atoms with van der Waals surface area (Å²) in [6.07, 6.45) is 0. The second-order valence-electron chi connectivity index (χ2n) is 7.14. The molecule has 0 saturated carbocycles. The molecule has 6 N–H and O–H groups in total. The third-order valence-electron chi connectivity index (χ3n) is 4.94. The Morgan fingerprint density at radius 3 is 2.86 bits per heavy atom. The number of amides is 2. The van der Waals surface area contributed by atoms with Crippen LogP contribution in [0.15, 0.2) is 39.0 Å². The average Bonchev–Trinajstić information content (AvgIpc) is 3.31. The minimum Gasteiger partial charge on any atom is -0.477 e. The zero-order chi connectivity index (χ0) is 25.1. The van der Waals surface area contributed by atoms with Gasteiger partial charge in [0.25, 0.3) is 11.8 Å². The van der Waals surface area contributed by atoms with Crippen LogP contribution in [-0.4, -0.2) is 78.7 Å². The molecule has 0 radical (unpaired) electrons. The lowest BCUT2D eigenvalue weighted by Crippen LogP contribution is -2.71. The fraction of sp³-hybridized carbons (Fsp3) is 0.316. The van der Waals surface area contributed by atoms with Crippen LogP contribution < -0.4 is 16.8 Å². The van der Waals surface area contributed by atoms with E-state index in [4.69, 9.17) is 16.3 Å². The van der Waals surface area contributed by atoms with Gasteiger partial charge in [-0.15, -0.1) is 22.0 Å². The minimum absolute atomic E-state index is 0.0800. The number of nitrogens with one attached hydrogen (secondary N) is 1. The van der Waals surface area contributed by atoms with Gasteiger partial charge in [-0.25, -0.2) is 9.78 Å². The van der Waals surface area contributed by atoms with Crippen molar-refractivity contribution in [3.05, 3.63) is 40.2 Å². The predicted octanol–water partition coefficient (Wildman–Crippen LogP) is -0.145. The van der Waals surface area contributed by atoms with Gasteiger partial charge in [0.05, 0.1) is 0 Å². The first-order valence-corrected chi connectivity index (χ1v) is 12.9. The van der Waals surface area contributed by atoms with E-state index in [1.54, 1.807) is 12.1 Å². The molecule has 0 aliphatic carbocycles. The van der Waals surface area contributed by atoms with Crippen LogP contribution in [0.25, 0.3) is 0 Å². The second-order valence-corrected chi connectivity index (χ2v) is 10.5. The van der Waals surface area contributed by atoms with Crippen molar-refractivity contribution >= 4 is 64.2 Å². The van der Waals surface area contributed by atoms with Crippen molar-refractivity contribution in [3.8, 4) is 0 Å². The molecule has 4 heterocycles. The number of hydrogen-bond donors (Lipinski definition) is 4. The van der Waals surface area contributed by atoms with Gasteiger partial charge in [0.2, 0.25) is 0 Å². The molecular formula is C19H20N8O5S3. The van der Waals surface area contributed by atoms with Crippen LogP contribution in [-0.2, 0) is 25.8 Å². The van der Waals surface area contributed by atoms with Gasteiger partial charge in [0.15, 0.2) is 10.1 Å². The molecule has 2 aliphatic heterocycles. The summed E-state index contributed by atoms with van der Waals surface area (Å²) in [5.41, 5.74) is 11.8. The zero-order valence-electron chi connectivity index (χ0n) is 18.2. The van der Waals surface area contributed by atoms with E-state index in [1.165, 1.54) is 52.9 Å². The Balaban J connectivity index is 1.48. The van der Waals surface area contributed by atoms with Gasteiger partial charge in [-0.2, -0.15) is 0 Å².